The fourth-order valence-electron chi connectivity index (χ4n) is 1.75. The molecule has 0 fully saturated rings. The summed E-state index contributed by atoms with van der Waals surface area (Å²) in [6.45, 7) is 6.23. The molecule has 1 amide bonds. The summed E-state index contributed by atoms with van der Waals surface area (Å²) < 4.78 is 24.0. The largest absolute Gasteiger partial charge is 0.465 e. The second-order valence-electron chi connectivity index (χ2n) is 5.49. The van der Waals surface area contributed by atoms with E-state index in [0.717, 1.165) is 12.5 Å². The van der Waals surface area contributed by atoms with Crippen LogP contribution in [0.5, 0.6) is 0 Å². The summed E-state index contributed by atoms with van der Waals surface area (Å²) in [6.07, 6.45) is 0.166. The van der Waals surface area contributed by atoms with Crippen LogP contribution in [-0.4, -0.2) is 31.7 Å². The summed E-state index contributed by atoms with van der Waals surface area (Å²) in [6, 6.07) is 2.26. The number of amides is 1. The molecule has 1 atom stereocenters. The number of anilines is 1. The summed E-state index contributed by atoms with van der Waals surface area (Å²) in [5.41, 5.74) is 0.197. The van der Waals surface area contributed by atoms with E-state index in [1.165, 1.54) is 13.2 Å². The van der Waals surface area contributed by atoms with Crippen LogP contribution in [0.3, 0.4) is 0 Å². The van der Waals surface area contributed by atoms with Gasteiger partial charge in [-0.05, 0) is 54.0 Å². The van der Waals surface area contributed by atoms with Gasteiger partial charge < -0.3 is 14.8 Å². The molecule has 128 valence electrons. The van der Waals surface area contributed by atoms with Crippen molar-refractivity contribution in [3.8, 4) is 0 Å². The minimum Gasteiger partial charge on any atom is -0.465 e. The maximum atomic E-state index is 13.5. The zero-order valence-electron chi connectivity index (χ0n) is 13.6. The second-order valence-corrected chi connectivity index (χ2v) is 6.65. The van der Waals surface area contributed by atoms with E-state index in [-0.39, 0.29) is 11.3 Å². The van der Waals surface area contributed by atoms with E-state index in [0.29, 0.717) is 16.1 Å². The van der Waals surface area contributed by atoms with Gasteiger partial charge in [0.15, 0.2) is 0 Å². The van der Waals surface area contributed by atoms with Crippen molar-refractivity contribution in [2.75, 3.05) is 19.0 Å². The molecule has 5 nitrogen and oxygen atoms in total. The highest BCUT2D eigenvalue weighted by Crippen LogP contribution is 2.26. The molecular weight excluding hydrogens is 416 g/mol. The van der Waals surface area contributed by atoms with Crippen LogP contribution in [0.2, 0.25) is 0 Å². The van der Waals surface area contributed by atoms with Crippen LogP contribution in [0.4, 0.5) is 10.1 Å². The van der Waals surface area contributed by atoms with Gasteiger partial charge in [-0.2, -0.15) is 0 Å². The van der Waals surface area contributed by atoms with Crippen molar-refractivity contribution in [3.63, 3.8) is 0 Å². The average Bonchev–Trinajstić information content (AvgIpc) is 2.48. The van der Waals surface area contributed by atoms with Crippen molar-refractivity contribution in [2.24, 2.45) is 5.92 Å². The Bertz CT molecular complexity index is 577. The normalized spacial score (nSPS) is 12.1. The van der Waals surface area contributed by atoms with Crippen molar-refractivity contribution in [1.29, 1.82) is 0 Å². The molecule has 0 heterocycles. The topological polar surface area (TPSA) is 64.6 Å². The molecule has 0 spiro atoms. The molecular formula is C16H21FINO4. The minimum absolute atomic E-state index is 0.0281. The van der Waals surface area contributed by atoms with Gasteiger partial charge in [-0.25, -0.2) is 9.18 Å². The molecule has 1 aromatic rings. The summed E-state index contributed by atoms with van der Waals surface area (Å²) in [4.78, 5) is 24.0. The number of rotatable bonds is 7. The predicted molar refractivity (Wildman–Crippen MR) is 94.0 cm³/mol. The van der Waals surface area contributed by atoms with Crippen LogP contribution < -0.4 is 5.32 Å². The molecule has 0 bridgehead atoms. The lowest BCUT2D eigenvalue weighted by molar-refractivity contribution is -0.126. The fraction of sp³-hybridized carbons (Fsp3) is 0.500. The highest BCUT2D eigenvalue weighted by atomic mass is 127. The van der Waals surface area contributed by atoms with Crippen LogP contribution in [0.25, 0.3) is 0 Å². The first-order valence-electron chi connectivity index (χ1n) is 7.26. The Hall–Kier alpha value is -1.22. The Labute approximate surface area is 149 Å². The third-order valence-corrected chi connectivity index (χ3v) is 3.99. The molecule has 0 radical (unpaired) electrons. The van der Waals surface area contributed by atoms with E-state index < -0.39 is 23.8 Å². The van der Waals surface area contributed by atoms with Gasteiger partial charge in [-0.3, -0.25) is 4.79 Å². The zero-order chi connectivity index (χ0) is 17.6. The SMILES string of the molecule is COC(=O)c1cc(F)cc(I)c1NC(=O)C(C)OCCC(C)C. The number of esters is 1. The minimum atomic E-state index is -0.717. The lowest BCUT2D eigenvalue weighted by Gasteiger charge is -2.17. The van der Waals surface area contributed by atoms with Gasteiger partial charge in [0.1, 0.15) is 11.9 Å². The van der Waals surface area contributed by atoms with E-state index in [9.17, 15) is 14.0 Å². The molecule has 0 saturated heterocycles. The molecule has 1 rings (SSSR count). The molecule has 1 aromatic carbocycles. The van der Waals surface area contributed by atoms with Crippen LogP contribution >= 0.6 is 22.6 Å². The van der Waals surface area contributed by atoms with Gasteiger partial charge in [-0.15, -0.1) is 0 Å². The van der Waals surface area contributed by atoms with Crippen molar-refractivity contribution < 1.29 is 23.5 Å². The molecule has 0 aromatic heterocycles. The van der Waals surface area contributed by atoms with Gasteiger partial charge in [0.05, 0.1) is 18.4 Å². The zero-order valence-corrected chi connectivity index (χ0v) is 15.8. The number of hydrogen-bond acceptors (Lipinski definition) is 4. The van der Waals surface area contributed by atoms with Crippen molar-refractivity contribution in [2.45, 2.75) is 33.3 Å². The van der Waals surface area contributed by atoms with Crippen LogP contribution in [0, 0.1) is 15.3 Å². The number of ether oxygens (including phenoxy) is 2. The number of halogens is 2. The number of carbonyl (C=O) groups excluding carboxylic acids is 2. The van der Waals surface area contributed by atoms with E-state index in [2.05, 4.69) is 23.9 Å². The number of hydrogen-bond donors (Lipinski definition) is 1. The number of benzene rings is 1. The van der Waals surface area contributed by atoms with Crippen LogP contribution in [-0.2, 0) is 14.3 Å². The lowest BCUT2D eigenvalue weighted by atomic mass is 10.1. The average molecular weight is 437 g/mol. The third-order valence-electron chi connectivity index (χ3n) is 3.14. The van der Waals surface area contributed by atoms with Gasteiger partial charge in [0.25, 0.3) is 5.91 Å². The first-order chi connectivity index (χ1) is 10.8. The molecule has 23 heavy (non-hydrogen) atoms. The lowest BCUT2D eigenvalue weighted by Crippen LogP contribution is -2.29. The van der Waals surface area contributed by atoms with Gasteiger partial charge in [-0.1, -0.05) is 13.8 Å². The van der Waals surface area contributed by atoms with E-state index >= 15 is 0 Å². The maximum absolute atomic E-state index is 13.5. The first-order valence-corrected chi connectivity index (χ1v) is 8.34. The second kappa shape index (κ2) is 9.17. The molecule has 0 aliphatic rings. The molecule has 1 N–H and O–H groups in total. The Morgan fingerprint density at radius 1 is 1.30 bits per heavy atom. The Kier molecular flexibility index (Phi) is 7.90. The Morgan fingerprint density at radius 3 is 2.52 bits per heavy atom. The number of methoxy groups -OCH3 is 1. The van der Waals surface area contributed by atoms with Crippen molar-refractivity contribution in [3.05, 3.63) is 27.1 Å². The Balaban J connectivity index is 2.87. The molecule has 0 aliphatic carbocycles. The molecule has 0 aliphatic heterocycles. The van der Waals surface area contributed by atoms with Crippen LogP contribution in [0.15, 0.2) is 12.1 Å². The van der Waals surface area contributed by atoms with E-state index in [4.69, 9.17) is 4.74 Å². The van der Waals surface area contributed by atoms with Gasteiger partial charge in [0.2, 0.25) is 0 Å². The summed E-state index contributed by atoms with van der Waals surface area (Å²) in [5, 5.41) is 2.62. The quantitative estimate of drug-likeness (QED) is 0.523. The van der Waals surface area contributed by atoms with Crippen molar-refractivity contribution in [1.82, 2.24) is 0 Å². The van der Waals surface area contributed by atoms with Gasteiger partial charge in [0, 0.05) is 10.2 Å². The van der Waals surface area contributed by atoms with Gasteiger partial charge >= 0.3 is 5.97 Å². The third kappa shape index (κ3) is 6.06. The molecule has 1 unspecified atom stereocenters. The van der Waals surface area contributed by atoms with Crippen LogP contribution in [0.1, 0.15) is 37.6 Å². The molecule has 0 saturated carbocycles. The summed E-state index contributed by atoms with van der Waals surface area (Å²) in [7, 11) is 1.20. The maximum Gasteiger partial charge on any atom is 0.340 e. The Morgan fingerprint density at radius 2 is 1.96 bits per heavy atom. The monoisotopic (exact) mass is 437 g/mol. The number of nitrogens with one attached hydrogen (secondary N) is 1. The predicted octanol–water partition coefficient (Wildman–Crippen LogP) is 3.61. The standard InChI is InChI=1S/C16H21FINO4/c1-9(2)5-6-23-10(3)15(20)19-14-12(16(21)22-4)7-11(17)8-13(14)18/h7-10H,5-6H2,1-4H3,(H,19,20). The van der Waals surface area contributed by atoms with Crippen molar-refractivity contribution >= 4 is 40.2 Å². The first kappa shape index (κ1) is 19.8. The van der Waals surface area contributed by atoms with E-state index in [1.807, 2.05) is 22.6 Å². The highest BCUT2D eigenvalue weighted by molar-refractivity contribution is 14.1. The van der Waals surface area contributed by atoms with E-state index in [1.54, 1.807) is 6.92 Å². The fourth-order valence-corrected chi connectivity index (χ4v) is 2.48. The highest BCUT2D eigenvalue weighted by Gasteiger charge is 2.21. The molecule has 7 heteroatoms. The summed E-state index contributed by atoms with van der Waals surface area (Å²) >= 11 is 1.85. The summed E-state index contributed by atoms with van der Waals surface area (Å²) in [5.74, 6) is -1.21. The smallest absolute Gasteiger partial charge is 0.340 e. The number of carbonyl (C=O) groups is 2.